The third kappa shape index (κ3) is 5.89. The second kappa shape index (κ2) is 11.9. The van der Waals surface area contributed by atoms with Gasteiger partial charge in [0.05, 0.1) is 18.1 Å². The minimum atomic E-state index is 0.378. The fourth-order valence-electron chi connectivity index (χ4n) is 3.63. The molecule has 0 bridgehead atoms. The van der Waals surface area contributed by atoms with Crippen LogP contribution < -0.4 is 16.0 Å². The average molecular weight is 377 g/mol. The quantitative estimate of drug-likeness (QED) is 0.762. The lowest BCUT2D eigenvalue weighted by molar-refractivity contribution is 0.0304. The van der Waals surface area contributed by atoms with E-state index in [2.05, 4.69) is 42.7 Å². The molecule has 1 saturated heterocycles. The van der Waals surface area contributed by atoms with Crippen molar-refractivity contribution < 1.29 is 4.74 Å². The van der Waals surface area contributed by atoms with Crippen molar-refractivity contribution in [3.8, 4) is 0 Å². The summed E-state index contributed by atoms with van der Waals surface area (Å²) in [5, 5.41) is 10.6. The second-order valence-electron chi connectivity index (χ2n) is 6.63. The van der Waals surface area contributed by atoms with Gasteiger partial charge in [-0.2, -0.15) is 0 Å². The highest BCUT2D eigenvalue weighted by Gasteiger charge is 2.19. The first kappa shape index (κ1) is 21.6. The zero-order valence-electron chi connectivity index (χ0n) is 17.3. The molecule has 2 aromatic rings. The molecular weight excluding hydrogens is 340 g/mol. The molecular formula is C20H36N6O. The van der Waals surface area contributed by atoms with E-state index >= 15 is 0 Å². The molecule has 2 fully saturated rings. The molecule has 1 atom stereocenters. The van der Waals surface area contributed by atoms with Gasteiger partial charge in [0, 0.05) is 38.9 Å². The van der Waals surface area contributed by atoms with E-state index in [1.807, 2.05) is 27.9 Å². The summed E-state index contributed by atoms with van der Waals surface area (Å²) < 4.78 is 7.70. The standard InChI is InChI=1S/C12H16N4.C6H14N2O.C2H6/c1-13-11-10-6-7-16(9-4-2-3-5-9)12(10)15-8-14-11;1-7-4-6-5-8-2-3-9-6;1-2/h6-9H,2-5H2,1H3,(H,13,14,15);6-8H,2-5H2,1H3;1-2H3. The number of ether oxygens (including phenoxy) is 1. The molecule has 0 radical (unpaired) electrons. The van der Waals surface area contributed by atoms with Gasteiger partial charge in [0.2, 0.25) is 0 Å². The van der Waals surface area contributed by atoms with E-state index in [-0.39, 0.29) is 0 Å². The monoisotopic (exact) mass is 376 g/mol. The number of aromatic nitrogens is 3. The maximum Gasteiger partial charge on any atom is 0.145 e. The smallest absolute Gasteiger partial charge is 0.145 e. The molecule has 1 unspecified atom stereocenters. The summed E-state index contributed by atoms with van der Waals surface area (Å²) in [6.07, 6.45) is 9.41. The SMILES string of the molecule is CC.CNCC1CNCCO1.CNc1ncnc2c1ccn2C1CCCC1. The van der Waals surface area contributed by atoms with Crippen molar-refractivity contribution in [3.05, 3.63) is 18.6 Å². The van der Waals surface area contributed by atoms with Crippen LogP contribution in [0.5, 0.6) is 0 Å². The van der Waals surface area contributed by atoms with Gasteiger partial charge in [0.1, 0.15) is 17.8 Å². The highest BCUT2D eigenvalue weighted by atomic mass is 16.5. The van der Waals surface area contributed by atoms with Gasteiger partial charge in [0.15, 0.2) is 0 Å². The Labute approximate surface area is 163 Å². The van der Waals surface area contributed by atoms with Gasteiger partial charge in [-0.15, -0.1) is 0 Å². The molecule has 3 N–H and O–H groups in total. The predicted molar refractivity (Wildman–Crippen MR) is 112 cm³/mol. The number of hydrogen-bond donors (Lipinski definition) is 3. The molecule has 2 aliphatic rings. The summed E-state index contributed by atoms with van der Waals surface area (Å²) in [5.74, 6) is 0.918. The van der Waals surface area contributed by atoms with E-state index in [0.29, 0.717) is 12.1 Å². The summed E-state index contributed by atoms with van der Waals surface area (Å²) in [6, 6.07) is 2.75. The van der Waals surface area contributed by atoms with Crippen molar-refractivity contribution in [1.29, 1.82) is 0 Å². The van der Waals surface area contributed by atoms with Crippen LogP contribution in [0.3, 0.4) is 0 Å². The molecule has 1 saturated carbocycles. The Bertz CT molecular complexity index is 644. The van der Waals surface area contributed by atoms with Crippen molar-refractivity contribution >= 4 is 16.9 Å². The van der Waals surface area contributed by atoms with Crippen molar-refractivity contribution in [2.45, 2.75) is 51.7 Å². The van der Waals surface area contributed by atoms with Gasteiger partial charge >= 0.3 is 0 Å². The minimum Gasteiger partial charge on any atom is -0.374 e. The maximum absolute atomic E-state index is 5.39. The zero-order valence-corrected chi connectivity index (χ0v) is 17.3. The van der Waals surface area contributed by atoms with E-state index in [0.717, 1.165) is 43.1 Å². The first-order chi connectivity index (χ1) is 13.3. The van der Waals surface area contributed by atoms with Crippen LogP contribution in [-0.4, -0.2) is 61.0 Å². The molecule has 0 aromatic carbocycles. The number of nitrogens with one attached hydrogen (secondary N) is 3. The summed E-state index contributed by atoms with van der Waals surface area (Å²) in [7, 11) is 3.84. The van der Waals surface area contributed by atoms with Gasteiger partial charge in [-0.05, 0) is 26.0 Å². The van der Waals surface area contributed by atoms with E-state index in [1.54, 1.807) is 6.33 Å². The van der Waals surface area contributed by atoms with Crippen LogP contribution in [0.2, 0.25) is 0 Å². The van der Waals surface area contributed by atoms with Gasteiger partial charge in [0.25, 0.3) is 0 Å². The van der Waals surface area contributed by atoms with Crippen LogP contribution >= 0.6 is 0 Å². The fraction of sp³-hybridized carbons (Fsp3) is 0.700. The molecule has 4 rings (SSSR count). The molecule has 0 spiro atoms. The van der Waals surface area contributed by atoms with E-state index in [4.69, 9.17) is 4.74 Å². The number of fused-ring (bicyclic) bond motifs is 1. The van der Waals surface area contributed by atoms with Gasteiger partial charge in [-0.3, -0.25) is 0 Å². The Balaban J connectivity index is 0.000000203. The predicted octanol–water partition coefficient (Wildman–Crippen LogP) is 2.81. The highest BCUT2D eigenvalue weighted by molar-refractivity contribution is 5.87. The molecule has 1 aliphatic carbocycles. The maximum atomic E-state index is 5.39. The van der Waals surface area contributed by atoms with Crippen molar-refractivity contribution in [2.75, 3.05) is 45.7 Å². The Morgan fingerprint density at radius 2 is 2.00 bits per heavy atom. The number of morpholine rings is 1. The first-order valence-corrected chi connectivity index (χ1v) is 10.3. The molecule has 7 nitrogen and oxygen atoms in total. The number of rotatable bonds is 4. The number of hydrogen-bond acceptors (Lipinski definition) is 6. The first-order valence-electron chi connectivity index (χ1n) is 10.3. The van der Waals surface area contributed by atoms with E-state index < -0.39 is 0 Å². The van der Waals surface area contributed by atoms with Gasteiger partial charge in [-0.1, -0.05) is 26.7 Å². The van der Waals surface area contributed by atoms with Gasteiger partial charge in [-0.25, -0.2) is 9.97 Å². The van der Waals surface area contributed by atoms with Crippen molar-refractivity contribution in [1.82, 2.24) is 25.2 Å². The van der Waals surface area contributed by atoms with E-state index in [9.17, 15) is 0 Å². The van der Waals surface area contributed by atoms with Crippen LogP contribution in [0, 0.1) is 0 Å². The van der Waals surface area contributed by atoms with Crippen LogP contribution in [0.1, 0.15) is 45.6 Å². The van der Waals surface area contributed by atoms with Crippen LogP contribution in [0.4, 0.5) is 5.82 Å². The summed E-state index contributed by atoms with van der Waals surface area (Å²) in [6.45, 7) is 7.79. The molecule has 7 heteroatoms. The number of nitrogens with zero attached hydrogens (tertiary/aromatic N) is 3. The zero-order chi connectivity index (χ0) is 19.5. The third-order valence-electron chi connectivity index (χ3n) is 4.90. The number of anilines is 1. The van der Waals surface area contributed by atoms with Crippen LogP contribution in [0.15, 0.2) is 18.6 Å². The lowest BCUT2D eigenvalue weighted by Gasteiger charge is -2.22. The molecule has 3 heterocycles. The lowest BCUT2D eigenvalue weighted by atomic mass is 10.2. The Hall–Kier alpha value is -1.70. The Morgan fingerprint density at radius 3 is 2.63 bits per heavy atom. The highest BCUT2D eigenvalue weighted by Crippen LogP contribution is 2.33. The van der Waals surface area contributed by atoms with Crippen molar-refractivity contribution in [3.63, 3.8) is 0 Å². The largest absolute Gasteiger partial charge is 0.374 e. The van der Waals surface area contributed by atoms with Crippen LogP contribution in [-0.2, 0) is 4.74 Å². The summed E-state index contributed by atoms with van der Waals surface area (Å²) in [4.78, 5) is 8.64. The second-order valence-corrected chi connectivity index (χ2v) is 6.63. The topological polar surface area (TPSA) is 76.0 Å². The Kier molecular flexibility index (Phi) is 9.52. The molecule has 152 valence electrons. The molecule has 27 heavy (non-hydrogen) atoms. The lowest BCUT2D eigenvalue weighted by Crippen LogP contribution is -2.43. The minimum absolute atomic E-state index is 0.378. The summed E-state index contributed by atoms with van der Waals surface area (Å²) >= 11 is 0. The van der Waals surface area contributed by atoms with Crippen molar-refractivity contribution in [2.24, 2.45) is 0 Å². The molecule has 2 aromatic heterocycles. The fourth-order valence-corrected chi connectivity index (χ4v) is 3.63. The Morgan fingerprint density at radius 1 is 1.22 bits per heavy atom. The van der Waals surface area contributed by atoms with E-state index in [1.165, 1.54) is 25.7 Å². The average Bonchev–Trinajstić information content (AvgIpc) is 3.40. The molecule has 1 aliphatic heterocycles. The number of likely N-dealkylation sites (N-methyl/N-ethyl adjacent to an activating group) is 1. The van der Waals surface area contributed by atoms with Gasteiger partial charge < -0.3 is 25.3 Å². The third-order valence-corrected chi connectivity index (χ3v) is 4.90. The molecule has 0 amide bonds. The van der Waals surface area contributed by atoms with Crippen LogP contribution in [0.25, 0.3) is 11.0 Å². The summed E-state index contributed by atoms with van der Waals surface area (Å²) in [5.41, 5.74) is 1.06. The normalized spacial score (nSPS) is 19.8.